The molecule has 1 aliphatic heterocycles. The Bertz CT molecular complexity index is 1550. The molecule has 2 fully saturated rings. The maximum Gasteiger partial charge on any atom is 0.162 e. The van der Waals surface area contributed by atoms with Crippen molar-refractivity contribution >= 4 is 27.9 Å². The van der Waals surface area contributed by atoms with Crippen molar-refractivity contribution in [2.24, 2.45) is 0 Å². The van der Waals surface area contributed by atoms with Crippen LogP contribution < -0.4 is 10.1 Å². The first-order chi connectivity index (χ1) is 17.2. The highest BCUT2D eigenvalue weighted by Crippen LogP contribution is 2.39. The van der Waals surface area contributed by atoms with Gasteiger partial charge in [-0.3, -0.25) is 4.68 Å². The van der Waals surface area contributed by atoms with E-state index in [9.17, 15) is 4.39 Å². The molecule has 4 heterocycles. The highest BCUT2D eigenvalue weighted by molar-refractivity contribution is 5.86. The summed E-state index contributed by atoms with van der Waals surface area (Å²) < 4.78 is 29.2. The van der Waals surface area contributed by atoms with Gasteiger partial charge in [0.2, 0.25) is 0 Å². The molecule has 1 saturated heterocycles. The summed E-state index contributed by atoms with van der Waals surface area (Å²) >= 11 is 0. The average molecular weight is 471 g/mol. The second-order valence-electron chi connectivity index (χ2n) is 9.18. The fourth-order valence-electron chi connectivity index (χ4n) is 5.00. The van der Waals surface area contributed by atoms with Gasteiger partial charge in [-0.2, -0.15) is 10.2 Å². The Morgan fingerprint density at radius 2 is 2.06 bits per heavy atom. The van der Waals surface area contributed by atoms with Crippen molar-refractivity contribution < 1.29 is 13.9 Å². The molecule has 0 spiro atoms. The highest BCUT2D eigenvalue weighted by Gasteiger charge is 2.44. The maximum absolute atomic E-state index is 13.6. The van der Waals surface area contributed by atoms with Gasteiger partial charge in [-0.25, -0.2) is 13.9 Å². The number of benzene rings is 2. The van der Waals surface area contributed by atoms with Crippen LogP contribution in [-0.2, 0) is 11.3 Å². The average Bonchev–Trinajstić information content (AvgIpc) is 3.36. The van der Waals surface area contributed by atoms with Crippen molar-refractivity contribution in [3.8, 4) is 5.75 Å². The van der Waals surface area contributed by atoms with Gasteiger partial charge in [0.25, 0.3) is 0 Å². The molecule has 1 N–H and O–H groups in total. The number of ether oxygens (including phenoxy) is 2. The van der Waals surface area contributed by atoms with Crippen LogP contribution in [-0.4, -0.2) is 42.7 Å². The molecule has 35 heavy (non-hydrogen) atoms. The van der Waals surface area contributed by atoms with E-state index in [1.165, 1.54) is 18.5 Å². The minimum Gasteiger partial charge on any atom is -0.488 e. The monoisotopic (exact) mass is 470 g/mol. The molecule has 0 radical (unpaired) electrons. The lowest BCUT2D eigenvalue weighted by molar-refractivity contribution is 0.166. The van der Waals surface area contributed by atoms with E-state index in [1.807, 2.05) is 47.4 Å². The standard InChI is InChI=1S/C26H23FN6O2/c27-18-3-1-2-16(10-18)14-33-21-6-4-19(11-17(21)13-29-33)31-26-25-23(8-9-32(25)30-15-28-26)34-20-5-7-22-24(12-20)35-22/h1-4,6,8-11,13,15,20,22,24H,5,7,12,14H2,(H,28,30,31)/t20?,22?,24-/m0/s1. The molecule has 2 unspecified atom stereocenters. The third-order valence-electron chi connectivity index (χ3n) is 6.79. The topological polar surface area (TPSA) is 81.8 Å². The van der Waals surface area contributed by atoms with E-state index in [4.69, 9.17) is 9.47 Å². The van der Waals surface area contributed by atoms with Crippen LogP contribution in [0.2, 0.25) is 0 Å². The Hall–Kier alpha value is -3.98. The summed E-state index contributed by atoms with van der Waals surface area (Å²) in [6, 6.07) is 14.5. The number of nitrogens with one attached hydrogen (secondary N) is 1. The Kier molecular flexibility index (Phi) is 4.70. The van der Waals surface area contributed by atoms with Gasteiger partial charge in [-0.05, 0) is 48.7 Å². The van der Waals surface area contributed by atoms with E-state index in [2.05, 4.69) is 20.5 Å². The first-order valence-electron chi connectivity index (χ1n) is 11.8. The van der Waals surface area contributed by atoms with Crippen molar-refractivity contribution in [3.63, 3.8) is 0 Å². The molecule has 0 amide bonds. The number of rotatable bonds is 6. The van der Waals surface area contributed by atoms with Gasteiger partial charge in [-0.15, -0.1) is 0 Å². The molecule has 1 aliphatic carbocycles. The zero-order chi connectivity index (χ0) is 23.4. The fourth-order valence-corrected chi connectivity index (χ4v) is 5.00. The number of epoxide rings is 1. The third-order valence-corrected chi connectivity index (χ3v) is 6.79. The number of anilines is 2. The van der Waals surface area contributed by atoms with E-state index in [0.29, 0.717) is 24.6 Å². The molecule has 8 nitrogen and oxygen atoms in total. The molecular weight excluding hydrogens is 447 g/mol. The molecule has 7 rings (SSSR count). The summed E-state index contributed by atoms with van der Waals surface area (Å²) in [5.74, 6) is 1.19. The molecule has 5 aromatic rings. The number of nitrogens with zero attached hydrogens (tertiary/aromatic N) is 5. The number of halogens is 1. The predicted octanol–water partition coefficient (Wildman–Crippen LogP) is 4.71. The number of aromatic nitrogens is 5. The van der Waals surface area contributed by atoms with Gasteiger partial charge in [0.1, 0.15) is 23.8 Å². The highest BCUT2D eigenvalue weighted by atomic mass is 19.1. The fraction of sp³-hybridized carbons (Fsp3) is 0.269. The largest absolute Gasteiger partial charge is 0.488 e. The minimum absolute atomic E-state index is 0.137. The van der Waals surface area contributed by atoms with Crippen molar-refractivity contribution in [3.05, 3.63) is 78.6 Å². The molecule has 1 saturated carbocycles. The number of hydrogen-bond donors (Lipinski definition) is 1. The van der Waals surface area contributed by atoms with Crippen LogP contribution in [0.4, 0.5) is 15.9 Å². The molecule has 9 heteroatoms. The Balaban J connectivity index is 1.15. The summed E-state index contributed by atoms with van der Waals surface area (Å²) in [5, 5.41) is 13.2. The van der Waals surface area contributed by atoms with Crippen molar-refractivity contribution in [2.45, 2.75) is 44.1 Å². The van der Waals surface area contributed by atoms with Crippen LogP contribution in [0.15, 0.2) is 67.3 Å². The molecule has 3 aromatic heterocycles. The predicted molar refractivity (Wildman–Crippen MR) is 128 cm³/mol. The van der Waals surface area contributed by atoms with E-state index in [-0.39, 0.29) is 11.9 Å². The summed E-state index contributed by atoms with van der Waals surface area (Å²) in [6.45, 7) is 0.499. The molecular formula is C26H23FN6O2. The smallest absolute Gasteiger partial charge is 0.162 e. The second kappa shape index (κ2) is 8.06. The number of fused-ring (bicyclic) bond motifs is 3. The van der Waals surface area contributed by atoms with Crippen LogP contribution in [0.25, 0.3) is 16.4 Å². The van der Waals surface area contributed by atoms with Crippen LogP contribution in [0.5, 0.6) is 5.75 Å². The van der Waals surface area contributed by atoms with Crippen LogP contribution in [0.1, 0.15) is 24.8 Å². The Morgan fingerprint density at radius 1 is 1.09 bits per heavy atom. The Morgan fingerprint density at radius 3 is 2.97 bits per heavy atom. The van der Waals surface area contributed by atoms with Crippen LogP contribution in [0, 0.1) is 5.82 Å². The van der Waals surface area contributed by atoms with E-state index < -0.39 is 0 Å². The summed E-state index contributed by atoms with van der Waals surface area (Å²) in [4.78, 5) is 4.50. The van der Waals surface area contributed by atoms with Gasteiger partial charge in [0.15, 0.2) is 11.6 Å². The Labute approximate surface area is 200 Å². The van der Waals surface area contributed by atoms with Crippen molar-refractivity contribution in [1.82, 2.24) is 24.4 Å². The maximum atomic E-state index is 13.6. The van der Waals surface area contributed by atoms with E-state index in [0.717, 1.165) is 52.7 Å². The lowest BCUT2D eigenvalue weighted by Crippen LogP contribution is -2.24. The summed E-state index contributed by atoms with van der Waals surface area (Å²) in [5.41, 5.74) is 3.51. The zero-order valence-electron chi connectivity index (χ0n) is 18.8. The normalized spacial score (nSPS) is 21.2. The van der Waals surface area contributed by atoms with Gasteiger partial charge < -0.3 is 14.8 Å². The SMILES string of the molecule is Fc1cccc(Cn2ncc3cc(Nc4ncnn5ccc(OC6CCC7O[C@H]7C6)c45)ccc32)c1. The van der Waals surface area contributed by atoms with Gasteiger partial charge in [0.05, 0.1) is 30.5 Å². The third kappa shape index (κ3) is 3.87. The lowest BCUT2D eigenvalue weighted by atomic mass is 9.98. The van der Waals surface area contributed by atoms with Crippen LogP contribution in [0.3, 0.4) is 0 Å². The lowest BCUT2D eigenvalue weighted by Gasteiger charge is -2.20. The van der Waals surface area contributed by atoms with Crippen LogP contribution >= 0.6 is 0 Å². The summed E-state index contributed by atoms with van der Waals surface area (Å²) in [7, 11) is 0. The molecule has 176 valence electrons. The molecule has 2 aromatic carbocycles. The zero-order valence-corrected chi connectivity index (χ0v) is 18.8. The van der Waals surface area contributed by atoms with Crippen molar-refractivity contribution in [2.75, 3.05) is 5.32 Å². The number of hydrogen-bond acceptors (Lipinski definition) is 6. The van der Waals surface area contributed by atoms with Crippen molar-refractivity contribution in [1.29, 1.82) is 0 Å². The molecule has 0 bridgehead atoms. The summed E-state index contributed by atoms with van der Waals surface area (Å²) in [6.07, 6.45) is 9.12. The minimum atomic E-state index is -0.246. The first-order valence-corrected chi connectivity index (χ1v) is 11.8. The quantitative estimate of drug-likeness (QED) is 0.362. The molecule has 2 aliphatic rings. The van der Waals surface area contributed by atoms with Gasteiger partial charge >= 0.3 is 0 Å². The first kappa shape index (κ1) is 20.4. The molecule has 3 atom stereocenters. The van der Waals surface area contributed by atoms with Gasteiger partial charge in [0, 0.05) is 29.8 Å². The second-order valence-corrected chi connectivity index (χ2v) is 9.18. The van der Waals surface area contributed by atoms with E-state index in [1.54, 1.807) is 10.6 Å². The van der Waals surface area contributed by atoms with E-state index >= 15 is 0 Å². The van der Waals surface area contributed by atoms with Gasteiger partial charge in [-0.1, -0.05) is 12.1 Å².